The minimum absolute atomic E-state index is 0.236. The first-order chi connectivity index (χ1) is 7.06. The first kappa shape index (κ1) is 12.0. The third kappa shape index (κ3) is 3.51. The van der Waals surface area contributed by atoms with Crippen LogP contribution in [0.15, 0.2) is 0 Å². The number of ether oxygens (including phenoxy) is 1. The second-order valence-corrected chi connectivity index (χ2v) is 3.95. The average Bonchev–Trinajstić information content (AvgIpc) is 2.90. The van der Waals surface area contributed by atoms with Crippen molar-refractivity contribution in [1.29, 1.82) is 0 Å². The molecule has 1 aliphatic rings. The Morgan fingerprint density at radius 3 is 2.67 bits per heavy atom. The topological polar surface area (TPSA) is 81.4 Å². The van der Waals surface area contributed by atoms with Crippen LogP contribution in [0.4, 0.5) is 0 Å². The smallest absolute Gasteiger partial charge is 0.332 e. The number of nitrogens with two attached hydrogens (primary N) is 1. The molecule has 0 aromatic rings. The summed E-state index contributed by atoms with van der Waals surface area (Å²) < 4.78 is 4.64. The molecule has 86 valence electrons. The molecule has 5 heteroatoms. The van der Waals surface area contributed by atoms with Gasteiger partial charge in [0.1, 0.15) is 0 Å². The van der Waals surface area contributed by atoms with Gasteiger partial charge in [0.15, 0.2) is 6.04 Å². The molecular weight excluding hydrogens is 196 g/mol. The highest BCUT2D eigenvalue weighted by Crippen LogP contribution is 2.36. The zero-order chi connectivity index (χ0) is 11.4. The van der Waals surface area contributed by atoms with Gasteiger partial charge >= 0.3 is 5.97 Å². The Bertz CT molecular complexity index is 255. The van der Waals surface area contributed by atoms with Crippen molar-refractivity contribution in [2.24, 2.45) is 17.6 Å². The van der Waals surface area contributed by atoms with Crippen molar-refractivity contribution in [2.45, 2.75) is 26.3 Å². The van der Waals surface area contributed by atoms with Gasteiger partial charge in [-0.05, 0) is 25.2 Å². The lowest BCUT2D eigenvalue weighted by Crippen LogP contribution is -2.47. The number of hydrogen-bond acceptors (Lipinski definition) is 4. The van der Waals surface area contributed by atoms with Crippen LogP contribution in [0.5, 0.6) is 0 Å². The van der Waals surface area contributed by atoms with Crippen LogP contribution >= 0.6 is 0 Å². The van der Waals surface area contributed by atoms with Crippen LogP contribution in [0.25, 0.3) is 0 Å². The molecule has 3 unspecified atom stereocenters. The van der Waals surface area contributed by atoms with Crippen molar-refractivity contribution < 1.29 is 14.3 Å². The Morgan fingerprint density at radius 2 is 2.20 bits per heavy atom. The molecule has 0 spiro atoms. The maximum absolute atomic E-state index is 11.4. The molecule has 3 atom stereocenters. The number of amides is 1. The Labute approximate surface area is 89.3 Å². The van der Waals surface area contributed by atoms with Gasteiger partial charge in [-0.15, -0.1) is 0 Å². The van der Waals surface area contributed by atoms with Crippen LogP contribution in [0.3, 0.4) is 0 Å². The molecule has 15 heavy (non-hydrogen) atoms. The van der Waals surface area contributed by atoms with Crippen molar-refractivity contribution in [3.05, 3.63) is 0 Å². The second kappa shape index (κ2) is 5.11. The molecule has 0 bridgehead atoms. The summed E-state index contributed by atoms with van der Waals surface area (Å²) in [6.07, 6.45) is 1.13. The fraction of sp³-hybridized carbons (Fsp3) is 0.800. The predicted molar refractivity (Wildman–Crippen MR) is 54.9 cm³/mol. The standard InChI is InChI=1S/C10H18N2O3/c1-3-15-10(14)8(11)9(13)12-5-7-4-6(7)2/h6-8H,3-5,11H2,1-2H3,(H,12,13). The number of nitrogens with one attached hydrogen (secondary N) is 1. The lowest BCUT2D eigenvalue weighted by molar-refractivity contribution is -0.147. The van der Waals surface area contributed by atoms with Crippen molar-refractivity contribution in [2.75, 3.05) is 13.2 Å². The Morgan fingerprint density at radius 1 is 1.60 bits per heavy atom. The summed E-state index contributed by atoms with van der Waals surface area (Å²) in [5.74, 6) is 0.0962. The zero-order valence-corrected chi connectivity index (χ0v) is 9.16. The van der Waals surface area contributed by atoms with Crippen LogP contribution in [-0.2, 0) is 14.3 Å². The Kier molecular flexibility index (Phi) is 4.08. The van der Waals surface area contributed by atoms with Gasteiger partial charge in [0.25, 0.3) is 0 Å². The van der Waals surface area contributed by atoms with Crippen LogP contribution in [0.1, 0.15) is 20.3 Å². The molecule has 0 aliphatic heterocycles. The summed E-state index contributed by atoms with van der Waals surface area (Å²) in [5.41, 5.74) is 5.40. The van der Waals surface area contributed by atoms with Crippen LogP contribution < -0.4 is 11.1 Å². The van der Waals surface area contributed by atoms with Crippen molar-refractivity contribution in [3.8, 4) is 0 Å². The van der Waals surface area contributed by atoms with E-state index in [0.29, 0.717) is 18.4 Å². The number of esters is 1. The number of carbonyl (C=O) groups excluding carboxylic acids is 2. The third-order valence-corrected chi connectivity index (χ3v) is 2.64. The molecular formula is C10H18N2O3. The highest BCUT2D eigenvalue weighted by molar-refractivity contribution is 6.01. The fourth-order valence-corrected chi connectivity index (χ4v) is 1.36. The molecule has 3 N–H and O–H groups in total. The highest BCUT2D eigenvalue weighted by Gasteiger charge is 2.33. The summed E-state index contributed by atoms with van der Waals surface area (Å²) in [4.78, 5) is 22.5. The number of carbonyl (C=O) groups is 2. The summed E-state index contributed by atoms with van der Waals surface area (Å²) in [7, 11) is 0. The normalized spacial score (nSPS) is 25.5. The lowest BCUT2D eigenvalue weighted by Gasteiger charge is -2.10. The molecule has 0 heterocycles. The van der Waals surface area contributed by atoms with E-state index in [9.17, 15) is 9.59 Å². The lowest BCUT2D eigenvalue weighted by atomic mass is 10.2. The van der Waals surface area contributed by atoms with E-state index in [-0.39, 0.29) is 6.61 Å². The minimum atomic E-state index is -1.20. The van der Waals surface area contributed by atoms with E-state index in [1.54, 1.807) is 6.92 Å². The molecule has 1 saturated carbocycles. The van der Waals surface area contributed by atoms with Gasteiger partial charge in [-0.3, -0.25) is 4.79 Å². The summed E-state index contributed by atoms with van der Waals surface area (Å²) in [6, 6.07) is -1.20. The second-order valence-electron chi connectivity index (χ2n) is 3.95. The van der Waals surface area contributed by atoms with Gasteiger partial charge in [-0.25, -0.2) is 4.79 Å². The molecule has 1 fully saturated rings. The summed E-state index contributed by atoms with van der Waals surface area (Å²) in [6.45, 7) is 4.64. The first-order valence-corrected chi connectivity index (χ1v) is 5.26. The van der Waals surface area contributed by atoms with Gasteiger partial charge in [0.2, 0.25) is 5.91 Å². The molecule has 5 nitrogen and oxygen atoms in total. The van der Waals surface area contributed by atoms with Gasteiger partial charge in [0, 0.05) is 6.54 Å². The summed E-state index contributed by atoms with van der Waals surface area (Å²) in [5, 5.41) is 2.65. The number of rotatable bonds is 5. The van der Waals surface area contributed by atoms with Crippen molar-refractivity contribution >= 4 is 11.9 Å². The molecule has 0 radical (unpaired) electrons. The van der Waals surface area contributed by atoms with Crippen LogP contribution in [0, 0.1) is 11.8 Å². The minimum Gasteiger partial charge on any atom is -0.464 e. The maximum Gasteiger partial charge on any atom is 0.332 e. The SMILES string of the molecule is CCOC(=O)C(N)C(=O)NCC1CC1C. The predicted octanol–water partition coefficient (Wildman–Crippen LogP) is -0.351. The third-order valence-electron chi connectivity index (χ3n) is 2.64. The fourth-order valence-electron chi connectivity index (χ4n) is 1.36. The largest absolute Gasteiger partial charge is 0.464 e. The van der Waals surface area contributed by atoms with E-state index in [1.165, 1.54) is 0 Å². The number of hydrogen-bond donors (Lipinski definition) is 2. The van der Waals surface area contributed by atoms with Gasteiger partial charge in [-0.1, -0.05) is 6.92 Å². The van der Waals surface area contributed by atoms with E-state index in [4.69, 9.17) is 5.73 Å². The Balaban J connectivity index is 2.23. The molecule has 1 rings (SSSR count). The van der Waals surface area contributed by atoms with E-state index in [2.05, 4.69) is 17.0 Å². The first-order valence-electron chi connectivity index (χ1n) is 5.26. The Hall–Kier alpha value is -1.10. The van der Waals surface area contributed by atoms with Crippen molar-refractivity contribution in [3.63, 3.8) is 0 Å². The van der Waals surface area contributed by atoms with Crippen molar-refractivity contribution in [1.82, 2.24) is 5.32 Å². The van der Waals surface area contributed by atoms with Crippen LogP contribution in [0.2, 0.25) is 0 Å². The van der Waals surface area contributed by atoms with Crippen LogP contribution in [-0.4, -0.2) is 31.1 Å². The van der Waals surface area contributed by atoms with Gasteiger partial charge < -0.3 is 15.8 Å². The van der Waals surface area contributed by atoms with E-state index in [0.717, 1.165) is 6.42 Å². The zero-order valence-electron chi connectivity index (χ0n) is 9.16. The van der Waals surface area contributed by atoms with Gasteiger partial charge in [0.05, 0.1) is 6.61 Å². The molecule has 0 aromatic carbocycles. The highest BCUT2D eigenvalue weighted by atomic mass is 16.5. The quantitative estimate of drug-likeness (QED) is 0.484. The molecule has 1 amide bonds. The average molecular weight is 214 g/mol. The summed E-state index contributed by atoms with van der Waals surface area (Å²) >= 11 is 0. The molecule has 0 aromatic heterocycles. The van der Waals surface area contributed by atoms with E-state index >= 15 is 0 Å². The molecule has 0 saturated heterocycles. The van der Waals surface area contributed by atoms with E-state index in [1.807, 2.05) is 0 Å². The molecule has 1 aliphatic carbocycles. The van der Waals surface area contributed by atoms with Gasteiger partial charge in [-0.2, -0.15) is 0 Å². The van der Waals surface area contributed by atoms with E-state index < -0.39 is 17.9 Å². The maximum atomic E-state index is 11.4. The monoisotopic (exact) mass is 214 g/mol.